The predicted octanol–water partition coefficient (Wildman–Crippen LogP) is 3.20. The van der Waals surface area contributed by atoms with Gasteiger partial charge < -0.3 is 19.2 Å². The molecule has 3 rings (SSSR count). The van der Waals surface area contributed by atoms with E-state index in [2.05, 4.69) is 0 Å². The maximum absolute atomic E-state index is 13.0. The molecular weight excluding hydrogens is 334 g/mol. The van der Waals surface area contributed by atoms with Gasteiger partial charge in [0.05, 0.1) is 11.6 Å². The highest BCUT2D eigenvalue weighted by Gasteiger charge is 2.44. The number of hydrogen-bond acceptors (Lipinski definition) is 5. The quantitative estimate of drug-likeness (QED) is 0.609. The molecule has 0 saturated carbocycles. The summed E-state index contributed by atoms with van der Waals surface area (Å²) in [4.78, 5) is 27.1. The molecule has 2 aromatic rings. The number of nitrogens with zero attached hydrogens (tertiary/aromatic N) is 1. The van der Waals surface area contributed by atoms with Crippen LogP contribution in [0.1, 0.15) is 34.3 Å². The van der Waals surface area contributed by atoms with Gasteiger partial charge in [-0.25, -0.2) is 0 Å². The van der Waals surface area contributed by atoms with E-state index >= 15 is 0 Å². The standard InChI is InChI=1S/C20H21NO5/c1-13-9-10-15(26-13)18(22)16-17(14-7-4-3-5-8-14)21(11-6-12-25-2)20(24)19(16)23/h3-5,7-10,17,23H,6,11-12H2,1-2H3/t17-/m1/s1. The summed E-state index contributed by atoms with van der Waals surface area (Å²) in [5.74, 6) is -0.855. The molecule has 26 heavy (non-hydrogen) atoms. The Morgan fingerprint density at radius 2 is 1.96 bits per heavy atom. The monoisotopic (exact) mass is 355 g/mol. The first-order valence-corrected chi connectivity index (χ1v) is 8.43. The van der Waals surface area contributed by atoms with Crippen LogP contribution in [0.4, 0.5) is 0 Å². The van der Waals surface area contributed by atoms with Gasteiger partial charge in [-0.15, -0.1) is 0 Å². The first-order valence-electron chi connectivity index (χ1n) is 8.43. The van der Waals surface area contributed by atoms with Crippen molar-refractivity contribution in [2.24, 2.45) is 0 Å². The van der Waals surface area contributed by atoms with Crippen molar-refractivity contribution in [3.63, 3.8) is 0 Å². The lowest BCUT2D eigenvalue weighted by atomic mass is 9.95. The Morgan fingerprint density at radius 1 is 1.23 bits per heavy atom. The van der Waals surface area contributed by atoms with E-state index in [1.165, 1.54) is 4.90 Å². The SMILES string of the molecule is COCCCN1C(=O)C(O)=C(C(=O)c2ccc(C)o2)[C@H]1c1ccccc1. The molecule has 1 aliphatic rings. The number of aryl methyl sites for hydroxylation is 1. The lowest BCUT2D eigenvalue weighted by Crippen LogP contribution is -2.32. The Balaban J connectivity index is 2.01. The Morgan fingerprint density at radius 3 is 2.58 bits per heavy atom. The van der Waals surface area contributed by atoms with Crippen LogP contribution in [0.25, 0.3) is 0 Å². The number of amides is 1. The second kappa shape index (κ2) is 7.58. The Hall–Kier alpha value is -2.86. The first kappa shape index (κ1) is 17.9. The van der Waals surface area contributed by atoms with Crippen LogP contribution in [0.5, 0.6) is 0 Å². The summed E-state index contributed by atoms with van der Waals surface area (Å²) in [7, 11) is 1.59. The Labute approximate surface area is 151 Å². The number of methoxy groups -OCH3 is 1. The van der Waals surface area contributed by atoms with Crippen LogP contribution in [-0.4, -0.2) is 42.0 Å². The molecule has 0 bridgehead atoms. The molecule has 0 radical (unpaired) electrons. The molecular formula is C20H21NO5. The molecule has 2 heterocycles. The minimum Gasteiger partial charge on any atom is -0.503 e. The van der Waals surface area contributed by atoms with Gasteiger partial charge in [0.1, 0.15) is 5.76 Å². The second-order valence-corrected chi connectivity index (χ2v) is 6.16. The number of ether oxygens (including phenoxy) is 1. The zero-order valence-corrected chi connectivity index (χ0v) is 14.8. The smallest absolute Gasteiger partial charge is 0.290 e. The van der Waals surface area contributed by atoms with Crippen molar-refractivity contribution in [3.8, 4) is 0 Å². The van der Waals surface area contributed by atoms with E-state index in [1.807, 2.05) is 30.3 Å². The summed E-state index contributed by atoms with van der Waals surface area (Å²) < 4.78 is 10.5. The van der Waals surface area contributed by atoms with Gasteiger partial charge in [-0.3, -0.25) is 9.59 Å². The number of hydrogen-bond donors (Lipinski definition) is 1. The fourth-order valence-electron chi connectivity index (χ4n) is 3.17. The summed E-state index contributed by atoms with van der Waals surface area (Å²) in [6.07, 6.45) is 0.597. The second-order valence-electron chi connectivity index (χ2n) is 6.16. The fraction of sp³-hybridized carbons (Fsp3) is 0.300. The van der Waals surface area contributed by atoms with Crippen LogP contribution >= 0.6 is 0 Å². The fourth-order valence-corrected chi connectivity index (χ4v) is 3.17. The number of carbonyl (C=O) groups excluding carboxylic acids is 2. The van der Waals surface area contributed by atoms with Gasteiger partial charge in [-0.05, 0) is 31.0 Å². The third kappa shape index (κ3) is 3.28. The zero-order chi connectivity index (χ0) is 18.7. The van der Waals surface area contributed by atoms with E-state index in [0.29, 0.717) is 25.3 Å². The highest BCUT2D eigenvalue weighted by Crippen LogP contribution is 2.39. The normalized spacial score (nSPS) is 17.2. The van der Waals surface area contributed by atoms with Crippen LogP contribution in [0.2, 0.25) is 0 Å². The molecule has 6 nitrogen and oxygen atoms in total. The summed E-state index contributed by atoms with van der Waals surface area (Å²) in [5.41, 5.74) is 0.807. The van der Waals surface area contributed by atoms with Crippen molar-refractivity contribution in [2.75, 3.05) is 20.3 Å². The highest BCUT2D eigenvalue weighted by molar-refractivity contribution is 6.15. The van der Waals surface area contributed by atoms with Crippen molar-refractivity contribution in [2.45, 2.75) is 19.4 Å². The van der Waals surface area contributed by atoms with Gasteiger partial charge in [0.2, 0.25) is 5.78 Å². The molecule has 0 fully saturated rings. The van der Waals surface area contributed by atoms with Crippen molar-refractivity contribution in [1.29, 1.82) is 0 Å². The molecule has 1 amide bonds. The number of rotatable bonds is 7. The number of aliphatic hydroxyl groups is 1. The number of benzene rings is 1. The van der Waals surface area contributed by atoms with E-state index in [0.717, 1.165) is 5.56 Å². The summed E-state index contributed by atoms with van der Waals surface area (Å²) in [6, 6.07) is 11.8. The zero-order valence-electron chi connectivity index (χ0n) is 14.8. The van der Waals surface area contributed by atoms with Gasteiger partial charge in [0, 0.05) is 20.3 Å². The molecule has 1 N–H and O–H groups in total. The van der Waals surface area contributed by atoms with E-state index in [4.69, 9.17) is 9.15 Å². The Bertz CT molecular complexity index is 837. The number of aliphatic hydroxyl groups excluding tert-OH is 1. The van der Waals surface area contributed by atoms with Crippen molar-refractivity contribution in [1.82, 2.24) is 4.90 Å². The minimum atomic E-state index is -0.654. The van der Waals surface area contributed by atoms with Crippen LogP contribution in [0.15, 0.2) is 58.2 Å². The van der Waals surface area contributed by atoms with Crippen LogP contribution in [-0.2, 0) is 9.53 Å². The molecule has 136 valence electrons. The van der Waals surface area contributed by atoms with Gasteiger partial charge in [0.25, 0.3) is 5.91 Å². The summed E-state index contributed by atoms with van der Waals surface area (Å²) in [5, 5.41) is 10.4. The molecule has 0 unspecified atom stereocenters. The number of carbonyl (C=O) groups is 2. The highest BCUT2D eigenvalue weighted by atomic mass is 16.5. The van der Waals surface area contributed by atoms with Crippen LogP contribution in [0.3, 0.4) is 0 Å². The van der Waals surface area contributed by atoms with Gasteiger partial charge in [-0.1, -0.05) is 30.3 Å². The molecule has 0 aliphatic carbocycles. The van der Waals surface area contributed by atoms with Crippen LogP contribution in [0, 0.1) is 6.92 Å². The first-order chi connectivity index (χ1) is 12.5. The maximum atomic E-state index is 13.0. The van der Waals surface area contributed by atoms with E-state index < -0.39 is 23.5 Å². The van der Waals surface area contributed by atoms with Crippen molar-refractivity contribution < 1.29 is 23.8 Å². The topological polar surface area (TPSA) is 80.0 Å². The number of Topliss-reactive ketones (excluding diaryl/α,β-unsaturated/α-hetero) is 1. The Kier molecular flexibility index (Phi) is 5.23. The third-order valence-electron chi connectivity index (χ3n) is 4.38. The predicted molar refractivity (Wildman–Crippen MR) is 94.8 cm³/mol. The molecule has 0 saturated heterocycles. The average molecular weight is 355 g/mol. The lowest BCUT2D eigenvalue weighted by molar-refractivity contribution is -0.129. The maximum Gasteiger partial charge on any atom is 0.290 e. The number of ketones is 1. The van der Waals surface area contributed by atoms with Crippen molar-refractivity contribution >= 4 is 11.7 Å². The molecule has 1 aromatic carbocycles. The minimum absolute atomic E-state index is 0.0490. The average Bonchev–Trinajstić information content (AvgIpc) is 3.19. The van der Waals surface area contributed by atoms with Gasteiger partial charge in [-0.2, -0.15) is 0 Å². The van der Waals surface area contributed by atoms with Gasteiger partial charge >= 0.3 is 0 Å². The molecule has 0 spiro atoms. The molecule has 6 heteroatoms. The van der Waals surface area contributed by atoms with E-state index in [-0.39, 0.29) is 11.3 Å². The van der Waals surface area contributed by atoms with E-state index in [1.54, 1.807) is 26.2 Å². The molecule has 1 aromatic heterocycles. The largest absolute Gasteiger partial charge is 0.503 e. The third-order valence-corrected chi connectivity index (χ3v) is 4.38. The summed E-state index contributed by atoms with van der Waals surface area (Å²) in [6.45, 7) is 2.58. The van der Waals surface area contributed by atoms with Crippen LogP contribution < -0.4 is 0 Å². The lowest BCUT2D eigenvalue weighted by Gasteiger charge is -2.26. The molecule has 1 aliphatic heterocycles. The molecule has 1 atom stereocenters. The van der Waals surface area contributed by atoms with Crippen molar-refractivity contribution in [3.05, 3.63) is 70.9 Å². The van der Waals surface area contributed by atoms with E-state index in [9.17, 15) is 14.7 Å². The van der Waals surface area contributed by atoms with Gasteiger partial charge in [0.15, 0.2) is 11.5 Å². The number of furan rings is 1. The summed E-state index contributed by atoms with van der Waals surface area (Å²) >= 11 is 0.